The molecule has 0 amide bonds. The van der Waals surface area contributed by atoms with Crippen LogP contribution in [0.15, 0.2) is 6.20 Å². The molecule has 6 heteroatoms. The van der Waals surface area contributed by atoms with Crippen LogP contribution in [0.25, 0.3) is 0 Å². The first kappa shape index (κ1) is 15.7. The van der Waals surface area contributed by atoms with E-state index in [9.17, 15) is 9.90 Å². The lowest BCUT2D eigenvalue weighted by atomic mass is 9.86. The van der Waals surface area contributed by atoms with E-state index in [1.54, 1.807) is 13.8 Å². The van der Waals surface area contributed by atoms with Crippen LogP contribution < -0.4 is 5.32 Å². The van der Waals surface area contributed by atoms with Crippen molar-refractivity contribution in [2.24, 2.45) is 5.92 Å². The molecule has 2 rings (SSSR count). The van der Waals surface area contributed by atoms with E-state index in [1.165, 1.54) is 6.20 Å². The van der Waals surface area contributed by atoms with Crippen LogP contribution in [0, 0.1) is 12.8 Å². The molecule has 1 aromatic heterocycles. The zero-order valence-electron chi connectivity index (χ0n) is 12.6. The van der Waals surface area contributed by atoms with Gasteiger partial charge in [-0.2, -0.15) is 0 Å². The Balaban J connectivity index is 1.95. The van der Waals surface area contributed by atoms with Gasteiger partial charge in [0.05, 0.1) is 24.0 Å². The molecule has 0 radical (unpaired) electrons. The van der Waals surface area contributed by atoms with Gasteiger partial charge in [-0.15, -0.1) is 0 Å². The zero-order valence-corrected chi connectivity index (χ0v) is 12.6. The minimum absolute atomic E-state index is 0.243. The molecule has 0 aliphatic heterocycles. The van der Waals surface area contributed by atoms with Crippen molar-refractivity contribution in [3.8, 4) is 0 Å². The number of rotatable bonds is 5. The molecule has 1 saturated carbocycles. The summed E-state index contributed by atoms with van der Waals surface area (Å²) >= 11 is 0. The summed E-state index contributed by atoms with van der Waals surface area (Å²) in [7, 11) is 0. The molecule has 2 unspecified atom stereocenters. The molecule has 1 fully saturated rings. The average Bonchev–Trinajstić information content (AvgIpc) is 2.46. The Bertz CT molecular complexity index is 493. The molecular formula is C15H23N3O3. The number of ether oxygens (including phenoxy) is 1. The molecule has 116 valence electrons. The largest absolute Gasteiger partial charge is 0.462 e. The van der Waals surface area contributed by atoms with E-state index in [-0.39, 0.29) is 12.0 Å². The van der Waals surface area contributed by atoms with E-state index in [2.05, 4.69) is 15.3 Å². The zero-order chi connectivity index (χ0) is 15.2. The van der Waals surface area contributed by atoms with Crippen LogP contribution in [0.1, 0.15) is 48.7 Å². The van der Waals surface area contributed by atoms with Crippen molar-refractivity contribution in [1.82, 2.24) is 9.97 Å². The number of nitrogens with zero attached hydrogens (tertiary/aromatic N) is 2. The van der Waals surface area contributed by atoms with Crippen molar-refractivity contribution in [2.75, 3.05) is 18.5 Å². The van der Waals surface area contributed by atoms with Crippen molar-refractivity contribution in [2.45, 2.75) is 45.6 Å². The Kier molecular flexibility index (Phi) is 5.50. The third kappa shape index (κ3) is 4.14. The molecule has 1 aliphatic rings. The number of aliphatic hydroxyl groups is 1. The number of aryl methyl sites for hydroxylation is 1. The van der Waals surface area contributed by atoms with Gasteiger partial charge in [-0.3, -0.25) is 0 Å². The lowest BCUT2D eigenvalue weighted by molar-refractivity contribution is 0.0524. The van der Waals surface area contributed by atoms with Gasteiger partial charge in [-0.05, 0) is 26.7 Å². The van der Waals surface area contributed by atoms with Gasteiger partial charge in [0.2, 0.25) is 5.95 Å². The molecule has 0 spiro atoms. The summed E-state index contributed by atoms with van der Waals surface area (Å²) in [6.45, 7) is 4.51. The number of anilines is 1. The first-order valence-electron chi connectivity index (χ1n) is 7.54. The molecule has 0 aromatic carbocycles. The van der Waals surface area contributed by atoms with Crippen LogP contribution in [0.3, 0.4) is 0 Å². The molecule has 21 heavy (non-hydrogen) atoms. The molecule has 0 saturated heterocycles. The second-order valence-corrected chi connectivity index (χ2v) is 5.41. The van der Waals surface area contributed by atoms with E-state index in [4.69, 9.17) is 4.74 Å². The quantitative estimate of drug-likeness (QED) is 0.807. The van der Waals surface area contributed by atoms with Gasteiger partial charge in [0.15, 0.2) is 0 Å². The minimum atomic E-state index is -0.399. The normalized spacial score (nSPS) is 21.9. The third-order valence-corrected chi connectivity index (χ3v) is 3.87. The molecule has 1 aliphatic carbocycles. The summed E-state index contributed by atoms with van der Waals surface area (Å²) in [5, 5.41) is 13.1. The highest BCUT2D eigenvalue weighted by molar-refractivity contribution is 5.90. The highest BCUT2D eigenvalue weighted by Crippen LogP contribution is 2.24. The molecule has 0 bridgehead atoms. The maximum atomic E-state index is 11.7. The van der Waals surface area contributed by atoms with Crippen LogP contribution in [-0.4, -0.2) is 40.3 Å². The predicted octanol–water partition coefficient (Wildman–Crippen LogP) is 1.92. The summed E-state index contributed by atoms with van der Waals surface area (Å²) in [5.41, 5.74) is 0.982. The van der Waals surface area contributed by atoms with Crippen LogP contribution in [0.4, 0.5) is 5.95 Å². The standard InChI is InChI=1S/C15H23N3O3/c1-3-21-14(20)12-9-17-15(18-10(12)2)16-8-11-6-4-5-7-13(11)19/h9,11,13,19H,3-8H2,1-2H3,(H,16,17,18). The average molecular weight is 293 g/mol. The Labute approximate surface area is 124 Å². The van der Waals surface area contributed by atoms with Crippen LogP contribution in [0.2, 0.25) is 0 Å². The summed E-state index contributed by atoms with van der Waals surface area (Å²) in [6.07, 6.45) is 5.39. The number of aliphatic hydroxyl groups excluding tert-OH is 1. The van der Waals surface area contributed by atoms with Gasteiger partial charge in [-0.1, -0.05) is 12.8 Å². The maximum absolute atomic E-state index is 11.7. The highest BCUT2D eigenvalue weighted by Gasteiger charge is 2.23. The van der Waals surface area contributed by atoms with E-state index < -0.39 is 5.97 Å². The highest BCUT2D eigenvalue weighted by atomic mass is 16.5. The molecule has 6 nitrogen and oxygen atoms in total. The summed E-state index contributed by atoms with van der Waals surface area (Å²) in [5.74, 6) is 0.329. The molecule has 2 N–H and O–H groups in total. The van der Waals surface area contributed by atoms with Crippen molar-refractivity contribution in [3.63, 3.8) is 0 Å². The van der Waals surface area contributed by atoms with Crippen LogP contribution in [0.5, 0.6) is 0 Å². The van der Waals surface area contributed by atoms with Crippen molar-refractivity contribution in [3.05, 3.63) is 17.5 Å². The first-order valence-corrected chi connectivity index (χ1v) is 7.54. The number of nitrogens with one attached hydrogen (secondary N) is 1. The minimum Gasteiger partial charge on any atom is -0.462 e. The fourth-order valence-electron chi connectivity index (χ4n) is 2.61. The van der Waals surface area contributed by atoms with Gasteiger partial charge in [-0.25, -0.2) is 14.8 Å². The van der Waals surface area contributed by atoms with Gasteiger partial charge >= 0.3 is 5.97 Å². The summed E-state index contributed by atoms with van der Waals surface area (Å²) in [6, 6.07) is 0. The van der Waals surface area contributed by atoms with E-state index in [0.717, 1.165) is 25.7 Å². The Hall–Kier alpha value is -1.69. The Morgan fingerprint density at radius 1 is 1.48 bits per heavy atom. The van der Waals surface area contributed by atoms with Crippen molar-refractivity contribution < 1.29 is 14.6 Å². The van der Waals surface area contributed by atoms with E-state index in [0.29, 0.717) is 30.4 Å². The van der Waals surface area contributed by atoms with Crippen LogP contribution >= 0.6 is 0 Å². The Morgan fingerprint density at radius 2 is 2.24 bits per heavy atom. The van der Waals surface area contributed by atoms with Gasteiger partial charge in [0, 0.05) is 18.7 Å². The number of carbonyl (C=O) groups is 1. The predicted molar refractivity (Wildman–Crippen MR) is 79.2 cm³/mol. The molecular weight excluding hydrogens is 270 g/mol. The second-order valence-electron chi connectivity index (χ2n) is 5.41. The van der Waals surface area contributed by atoms with Crippen molar-refractivity contribution in [1.29, 1.82) is 0 Å². The monoisotopic (exact) mass is 293 g/mol. The smallest absolute Gasteiger partial charge is 0.341 e. The van der Waals surface area contributed by atoms with Gasteiger partial charge in [0.1, 0.15) is 0 Å². The van der Waals surface area contributed by atoms with Crippen LogP contribution in [-0.2, 0) is 4.74 Å². The lowest BCUT2D eigenvalue weighted by Crippen LogP contribution is -2.30. The fraction of sp³-hybridized carbons (Fsp3) is 0.667. The number of aromatic nitrogens is 2. The number of carbonyl (C=O) groups excluding carboxylic acids is 1. The molecule has 2 atom stereocenters. The molecule has 1 aromatic rings. The Morgan fingerprint density at radius 3 is 2.90 bits per heavy atom. The second kappa shape index (κ2) is 7.36. The molecule has 1 heterocycles. The van der Waals surface area contributed by atoms with E-state index in [1.807, 2.05) is 0 Å². The van der Waals surface area contributed by atoms with Crippen molar-refractivity contribution >= 4 is 11.9 Å². The summed E-state index contributed by atoms with van der Waals surface area (Å²) in [4.78, 5) is 20.1. The lowest BCUT2D eigenvalue weighted by Gasteiger charge is -2.27. The van der Waals surface area contributed by atoms with Gasteiger partial charge < -0.3 is 15.2 Å². The summed E-state index contributed by atoms with van der Waals surface area (Å²) < 4.78 is 4.95. The maximum Gasteiger partial charge on any atom is 0.341 e. The number of hydrogen-bond donors (Lipinski definition) is 2. The topological polar surface area (TPSA) is 84.3 Å². The third-order valence-electron chi connectivity index (χ3n) is 3.87. The van der Waals surface area contributed by atoms with E-state index >= 15 is 0 Å². The number of esters is 1. The fourth-order valence-corrected chi connectivity index (χ4v) is 2.61. The number of hydrogen-bond acceptors (Lipinski definition) is 6. The first-order chi connectivity index (χ1) is 10.1. The SMILES string of the molecule is CCOC(=O)c1cnc(NCC2CCCCC2O)nc1C. The van der Waals surface area contributed by atoms with Gasteiger partial charge in [0.25, 0.3) is 0 Å².